The number of halogens is 3. The molecule has 6 nitrogen and oxygen atoms in total. The Labute approximate surface area is 220 Å². The van der Waals surface area contributed by atoms with Crippen LogP contribution in [0.15, 0.2) is 54.6 Å². The van der Waals surface area contributed by atoms with Crippen molar-refractivity contribution in [3.63, 3.8) is 0 Å². The summed E-state index contributed by atoms with van der Waals surface area (Å²) in [6.07, 6.45) is 1.08. The van der Waals surface area contributed by atoms with Crippen molar-refractivity contribution in [3.8, 4) is 5.75 Å². The van der Waals surface area contributed by atoms with Crippen molar-refractivity contribution in [1.29, 1.82) is 0 Å². The Hall–Kier alpha value is -2.45. The maximum absolute atomic E-state index is 12.5. The van der Waals surface area contributed by atoms with Crippen LogP contribution in [0.3, 0.4) is 0 Å². The van der Waals surface area contributed by atoms with Crippen LogP contribution in [0.5, 0.6) is 5.75 Å². The molecule has 0 radical (unpaired) electrons. The molecular weight excluding hydrogens is 531 g/mol. The van der Waals surface area contributed by atoms with E-state index in [1.165, 1.54) is 17.7 Å². The average molecular weight is 556 g/mol. The highest BCUT2D eigenvalue weighted by atomic mass is 35.5. The van der Waals surface area contributed by atoms with Crippen molar-refractivity contribution >= 4 is 56.4 Å². The van der Waals surface area contributed by atoms with Gasteiger partial charge in [-0.3, -0.25) is 9.10 Å². The fourth-order valence-corrected chi connectivity index (χ4v) is 4.84. The zero-order chi connectivity index (χ0) is 25.8. The highest BCUT2D eigenvalue weighted by Gasteiger charge is 2.22. The second-order valence-corrected chi connectivity index (χ2v) is 11.2. The van der Waals surface area contributed by atoms with E-state index in [4.69, 9.17) is 39.5 Å². The second kappa shape index (κ2) is 11.5. The number of benzene rings is 3. The predicted molar refractivity (Wildman–Crippen MR) is 143 cm³/mol. The predicted octanol–water partition coefficient (Wildman–Crippen LogP) is 6.04. The minimum Gasteiger partial charge on any atom is -0.492 e. The molecule has 3 aromatic rings. The Morgan fingerprint density at radius 3 is 2.20 bits per heavy atom. The highest BCUT2D eigenvalue weighted by Crippen LogP contribution is 2.36. The Kier molecular flexibility index (Phi) is 8.94. The van der Waals surface area contributed by atoms with Gasteiger partial charge >= 0.3 is 0 Å². The third kappa shape index (κ3) is 7.27. The topological polar surface area (TPSA) is 75.7 Å². The summed E-state index contributed by atoms with van der Waals surface area (Å²) in [5, 5.41) is 3.38. The van der Waals surface area contributed by atoms with E-state index in [-0.39, 0.29) is 33.2 Å². The molecule has 0 aliphatic carbocycles. The molecule has 0 aromatic heterocycles. The smallest absolute Gasteiger partial charge is 0.251 e. The molecule has 0 saturated heterocycles. The van der Waals surface area contributed by atoms with Crippen LogP contribution in [-0.2, 0) is 16.6 Å². The lowest BCUT2D eigenvalue weighted by atomic mass is 10.1. The summed E-state index contributed by atoms with van der Waals surface area (Å²) in [5.41, 5.74) is 3.65. The van der Waals surface area contributed by atoms with Crippen molar-refractivity contribution in [1.82, 2.24) is 5.32 Å². The first-order valence-electron chi connectivity index (χ1n) is 10.6. The molecule has 1 N–H and O–H groups in total. The molecular formula is C25H25Cl3N2O4S. The van der Waals surface area contributed by atoms with Crippen LogP contribution >= 0.6 is 34.8 Å². The molecule has 0 unspecified atom stereocenters. The number of hydrogen-bond donors (Lipinski definition) is 1. The van der Waals surface area contributed by atoms with E-state index in [0.717, 1.165) is 21.9 Å². The summed E-state index contributed by atoms with van der Waals surface area (Å²) in [4.78, 5) is 12.5. The molecule has 186 valence electrons. The van der Waals surface area contributed by atoms with E-state index in [1.54, 1.807) is 24.3 Å². The van der Waals surface area contributed by atoms with Crippen molar-refractivity contribution in [3.05, 3.63) is 91.9 Å². The maximum atomic E-state index is 12.5. The Morgan fingerprint density at radius 1 is 0.914 bits per heavy atom. The lowest BCUT2D eigenvalue weighted by Gasteiger charge is -2.24. The number of carbonyl (C=O) groups excluding carboxylic acids is 1. The van der Waals surface area contributed by atoms with E-state index >= 15 is 0 Å². The zero-order valence-electron chi connectivity index (χ0n) is 19.4. The molecule has 0 atom stereocenters. The van der Waals surface area contributed by atoms with Gasteiger partial charge in [-0.1, -0.05) is 53.0 Å². The number of amides is 1. The van der Waals surface area contributed by atoms with Crippen LogP contribution < -0.4 is 14.4 Å². The van der Waals surface area contributed by atoms with Gasteiger partial charge < -0.3 is 10.1 Å². The van der Waals surface area contributed by atoms with Crippen molar-refractivity contribution in [2.75, 3.05) is 23.7 Å². The lowest BCUT2D eigenvalue weighted by Crippen LogP contribution is -2.30. The van der Waals surface area contributed by atoms with E-state index in [1.807, 2.05) is 32.0 Å². The highest BCUT2D eigenvalue weighted by molar-refractivity contribution is 7.92. The fraction of sp³-hybridized carbons (Fsp3) is 0.240. The lowest BCUT2D eigenvalue weighted by molar-refractivity contribution is 0.0947. The zero-order valence-corrected chi connectivity index (χ0v) is 22.5. The van der Waals surface area contributed by atoms with Gasteiger partial charge in [0.1, 0.15) is 12.4 Å². The minimum absolute atomic E-state index is 0.00220. The number of sulfonamides is 1. The molecule has 3 rings (SSSR count). The van der Waals surface area contributed by atoms with Gasteiger partial charge in [0.15, 0.2) is 0 Å². The molecule has 1 amide bonds. The standard InChI is InChI=1S/C25H25Cl3N2O4S/c1-16-4-9-20(12-17(16)2)34-11-10-29-25(31)19-7-5-18(6-8-19)15-30(35(3,32)33)24-14-22(27)21(26)13-23(24)28/h4-9,12-14H,10-11,15H2,1-3H3,(H,29,31). The summed E-state index contributed by atoms with van der Waals surface area (Å²) in [6.45, 7) is 4.72. The Morgan fingerprint density at radius 2 is 1.57 bits per heavy atom. The maximum Gasteiger partial charge on any atom is 0.251 e. The molecule has 35 heavy (non-hydrogen) atoms. The third-order valence-corrected chi connectivity index (χ3v) is 7.49. The van der Waals surface area contributed by atoms with Gasteiger partial charge in [-0.15, -0.1) is 0 Å². The van der Waals surface area contributed by atoms with Crippen molar-refractivity contribution in [2.24, 2.45) is 0 Å². The van der Waals surface area contributed by atoms with Gasteiger partial charge in [-0.2, -0.15) is 0 Å². The summed E-state index contributed by atoms with van der Waals surface area (Å²) in [7, 11) is -3.68. The normalized spacial score (nSPS) is 11.3. The van der Waals surface area contributed by atoms with Crippen LogP contribution in [-0.4, -0.2) is 33.7 Å². The molecule has 0 saturated carbocycles. The van der Waals surface area contributed by atoms with Crippen molar-refractivity contribution < 1.29 is 17.9 Å². The first-order valence-corrected chi connectivity index (χ1v) is 13.6. The molecule has 0 fully saturated rings. The summed E-state index contributed by atoms with van der Waals surface area (Å²) >= 11 is 18.3. The number of ether oxygens (including phenoxy) is 1. The van der Waals surface area contributed by atoms with Crippen LogP contribution in [0, 0.1) is 13.8 Å². The third-order valence-electron chi connectivity index (χ3n) is 5.34. The summed E-state index contributed by atoms with van der Waals surface area (Å²) < 4.78 is 31.7. The van der Waals surface area contributed by atoms with E-state index < -0.39 is 10.0 Å². The number of carbonyl (C=O) groups is 1. The quantitative estimate of drug-likeness (QED) is 0.258. The van der Waals surface area contributed by atoms with Gasteiger partial charge in [-0.25, -0.2) is 8.42 Å². The number of aryl methyl sites for hydroxylation is 2. The molecule has 0 spiro atoms. The van der Waals surface area contributed by atoms with Gasteiger partial charge in [-0.05, 0) is 66.9 Å². The van der Waals surface area contributed by atoms with Crippen LogP contribution in [0.4, 0.5) is 5.69 Å². The first kappa shape index (κ1) is 27.1. The SMILES string of the molecule is Cc1ccc(OCCNC(=O)c2ccc(CN(c3cc(Cl)c(Cl)cc3Cl)S(C)(=O)=O)cc2)cc1C. The molecule has 3 aromatic carbocycles. The van der Waals surface area contributed by atoms with Gasteiger partial charge in [0.2, 0.25) is 10.0 Å². The number of nitrogens with one attached hydrogen (secondary N) is 1. The fourth-order valence-electron chi connectivity index (χ4n) is 3.25. The Bertz CT molecular complexity index is 1330. The van der Waals surface area contributed by atoms with Crippen molar-refractivity contribution in [2.45, 2.75) is 20.4 Å². The molecule has 10 heteroatoms. The molecule has 0 heterocycles. The monoisotopic (exact) mass is 554 g/mol. The van der Waals surface area contributed by atoms with E-state index in [9.17, 15) is 13.2 Å². The van der Waals surface area contributed by atoms with Crippen LogP contribution in [0.25, 0.3) is 0 Å². The van der Waals surface area contributed by atoms with Crippen LogP contribution in [0.2, 0.25) is 15.1 Å². The van der Waals surface area contributed by atoms with E-state index in [0.29, 0.717) is 24.3 Å². The average Bonchev–Trinajstić information content (AvgIpc) is 2.79. The number of anilines is 1. The molecule has 0 aliphatic heterocycles. The largest absolute Gasteiger partial charge is 0.492 e. The summed E-state index contributed by atoms with van der Waals surface area (Å²) in [5.74, 6) is 0.497. The van der Waals surface area contributed by atoms with Crippen LogP contribution in [0.1, 0.15) is 27.0 Å². The number of nitrogens with zero attached hydrogens (tertiary/aromatic N) is 1. The summed E-state index contributed by atoms with van der Waals surface area (Å²) in [6, 6.07) is 15.3. The molecule has 0 bridgehead atoms. The number of rotatable bonds is 9. The number of hydrogen-bond acceptors (Lipinski definition) is 4. The van der Waals surface area contributed by atoms with Gasteiger partial charge in [0.25, 0.3) is 5.91 Å². The molecule has 0 aliphatic rings. The second-order valence-electron chi connectivity index (χ2n) is 8.03. The first-order chi connectivity index (χ1) is 16.5. The Balaban J connectivity index is 1.62. The van der Waals surface area contributed by atoms with Gasteiger partial charge in [0, 0.05) is 5.56 Å². The van der Waals surface area contributed by atoms with E-state index in [2.05, 4.69) is 5.32 Å². The minimum atomic E-state index is -3.68. The van der Waals surface area contributed by atoms with Gasteiger partial charge in [0.05, 0.1) is 40.1 Å².